The van der Waals surface area contributed by atoms with Crippen molar-refractivity contribution in [1.82, 2.24) is 15.1 Å². The Bertz CT molecular complexity index is 452. The topological polar surface area (TPSA) is 39.1 Å². The van der Waals surface area contributed by atoms with Crippen LogP contribution in [-0.2, 0) is 7.05 Å². The Balaban J connectivity index is 2.20. The Kier molecular flexibility index (Phi) is 5.19. The van der Waals surface area contributed by atoms with E-state index in [0.717, 1.165) is 24.4 Å². The van der Waals surface area contributed by atoms with E-state index < -0.39 is 5.92 Å². The number of nitrogens with one attached hydrogen (secondary N) is 1. The maximum atomic E-state index is 13.4. The molecule has 0 amide bonds. The molecule has 6 heteroatoms. The SMILES string of the molecule is CCCNC(c1c(OC)cnn1C)C1CCC(F)(F)CC1. The average molecular weight is 301 g/mol. The van der Waals surface area contributed by atoms with Gasteiger partial charge in [-0.05, 0) is 31.7 Å². The molecule has 2 rings (SSSR count). The van der Waals surface area contributed by atoms with E-state index in [-0.39, 0.29) is 24.8 Å². The van der Waals surface area contributed by atoms with Crippen LogP contribution in [0.3, 0.4) is 0 Å². The zero-order chi connectivity index (χ0) is 15.5. The molecule has 0 aliphatic heterocycles. The lowest BCUT2D eigenvalue weighted by Gasteiger charge is -2.34. The van der Waals surface area contributed by atoms with Crippen LogP contribution in [0.25, 0.3) is 0 Å². The number of rotatable bonds is 6. The molecule has 4 nitrogen and oxygen atoms in total. The number of halogens is 2. The fourth-order valence-electron chi connectivity index (χ4n) is 3.12. The molecule has 0 spiro atoms. The van der Waals surface area contributed by atoms with Gasteiger partial charge >= 0.3 is 0 Å². The van der Waals surface area contributed by atoms with Crippen LogP contribution in [0.15, 0.2) is 6.20 Å². The predicted octanol–water partition coefficient (Wildman–Crippen LogP) is 3.29. The molecule has 1 unspecified atom stereocenters. The van der Waals surface area contributed by atoms with Crippen molar-refractivity contribution in [2.75, 3.05) is 13.7 Å². The second-order valence-electron chi connectivity index (χ2n) is 5.85. The molecule has 1 saturated carbocycles. The fraction of sp³-hybridized carbons (Fsp3) is 0.800. The molecule has 1 fully saturated rings. The molecular weight excluding hydrogens is 276 g/mol. The molecule has 0 aromatic carbocycles. The average Bonchev–Trinajstić information content (AvgIpc) is 2.82. The number of hydrogen-bond donors (Lipinski definition) is 1. The summed E-state index contributed by atoms with van der Waals surface area (Å²) in [4.78, 5) is 0. The van der Waals surface area contributed by atoms with Crippen LogP contribution in [0.1, 0.15) is 50.8 Å². The third-order valence-corrected chi connectivity index (χ3v) is 4.31. The van der Waals surface area contributed by atoms with Crippen LogP contribution >= 0.6 is 0 Å². The maximum absolute atomic E-state index is 13.4. The maximum Gasteiger partial charge on any atom is 0.248 e. The molecule has 1 aliphatic carbocycles. The van der Waals surface area contributed by atoms with Crippen LogP contribution in [-0.4, -0.2) is 29.4 Å². The highest BCUT2D eigenvalue weighted by Crippen LogP contribution is 2.42. The molecule has 21 heavy (non-hydrogen) atoms. The molecule has 1 heterocycles. The summed E-state index contributed by atoms with van der Waals surface area (Å²) in [7, 11) is 3.49. The van der Waals surface area contributed by atoms with Gasteiger partial charge in [0.15, 0.2) is 5.75 Å². The van der Waals surface area contributed by atoms with Crippen LogP contribution in [0.5, 0.6) is 5.75 Å². The van der Waals surface area contributed by atoms with Gasteiger partial charge in [0.2, 0.25) is 5.92 Å². The van der Waals surface area contributed by atoms with Gasteiger partial charge in [-0.3, -0.25) is 4.68 Å². The highest BCUT2D eigenvalue weighted by molar-refractivity contribution is 5.29. The number of methoxy groups -OCH3 is 1. The van der Waals surface area contributed by atoms with Gasteiger partial charge in [0.1, 0.15) is 0 Å². The van der Waals surface area contributed by atoms with Gasteiger partial charge in [-0.1, -0.05) is 6.92 Å². The largest absolute Gasteiger partial charge is 0.493 e. The summed E-state index contributed by atoms with van der Waals surface area (Å²) in [5, 5.41) is 7.74. The first-order valence-corrected chi connectivity index (χ1v) is 7.65. The fourth-order valence-corrected chi connectivity index (χ4v) is 3.12. The lowest BCUT2D eigenvalue weighted by molar-refractivity contribution is -0.0501. The van der Waals surface area contributed by atoms with Crippen molar-refractivity contribution in [3.05, 3.63) is 11.9 Å². The summed E-state index contributed by atoms with van der Waals surface area (Å²) in [6.45, 7) is 2.95. The second kappa shape index (κ2) is 6.73. The number of aryl methyl sites for hydroxylation is 1. The Morgan fingerprint density at radius 3 is 2.71 bits per heavy atom. The number of hydrogen-bond acceptors (Lipinski definition) is 3. The van der Waals surface area contributed by atoms with E-state index in [4.69, 9.17) is 4.74 Å². The van der Waals surface area contributed by atoms with E-state index >= 15 is 0 Å². The second-order valence-corrected chi connectivity index (χ2v) is 5.85. The van der Waals surface area contributed by atoms with E-state index in [9.17, 15) is 8.78 Å². The highest BCUT2D eigenvalue weighted by Gasteiger charge is 2.39. The molecular formula is C15H25F2N3O. The molecule has 1 atom stereocenters. The smallest absolute Gasteiger partial charge is 0.248 e. The van der Waals surface area contributed by atoms with Crippen molar-refractivity contribution in [3.8, 4) is 5.75 Å². The molecule has 0 radical (unpaired) electrons. The van der Waals surface area contributed by atoms with Crippen LogP contribution in [0.4, 0.5) is 8.78 Å². The van der Waals surface area contributed by atoms with Gasteiger partial charge in [0.05, 0.1) is 25.0 Å². The summed E-state index contributed by atoms with van der Waals surface area (Å²) in [6.07, 6.45) is 3.70. The van der Waals surface area contributed by atoms with Gasteiger partial charge < -0.3 is 10.1 Å². The van der Waals surface area contributed by atoms with E-state index in [1.807, 2.05) is 7.05 Å². The van der Waals surface area contributed by atoms with Crippen molar-refractivity contribution in [2.24, 2.45) is 13.0 Å². The third-order valence-electron chi connectivity index (χ3n) is 4.31. The van der Waals surface area contributed by atoms with Crippen molar-refractivity contribution >= 4 is 0 Å². The lowest BCUT2D eigenvalue weighted by atomic mass is 9.80. The van der Waals surface area contributed by atoms with Crippen LogP contribution < -0.4 is 10.1 Å². The van der Waals surface area contributed by atoms with Gasteiger partial charge in [-0.2, -0.15) is 5.10 Å². The third kappa shape index (κ3) is 3.73. The van der Waals surface area contributed by atoms with Crippen LogP contribution in [0.2, 0.25) is 0 Å². The molecule has 120 valence electrons. The first-order valence-electron chi connectivity index (χ1n) is 7.65. The molecule has 1 aromatic heterocycles. The molecule has 1 N–H and O–H groups in total. The first kappa shape index (κ1) is 16.2. The summed E-state index contributed by atoms with van der Waals surface area (Å²) in [5.74, 6) is -1.58. The quantitative estimate of drug-likeness (QED) is 0.876. The van der Waals surface area contributed by atoms with Crippen molar-refractivity contribution < 1.29 is 13.5 Å². The summed E-state index contributed by atoms with van der Waals surface area (Å²) in [6, 6.07) is 0.0171. The van der Waals surface area contributed by atoms with Crippen LogP contribution in [0, 0.1) is 5.92 Å². The summed E-state index contributed by atoms with van der Waals surface area (Å²) in [5.41, 5.74) is 0.959. The van der Waals surface area contributed by atoms with Crippen molar-refractivity contribution in [3.63, 3.8) is 0 Å². The summed E-state index contributed by atoms with van der Waals surface area (Å²) >= 11 is 0. The Labute approximate surface area is 124 Å². The predicted molar refractivity (Wildman–Crippen MR) is 77.7 cm³/mol. The normalized spacial score (nSPS) is 20.4. The Morgan fingerprint density at radius 2 is 2.14 bits per heavy atom. The van der Waals surface area contributed by atoms with Gasteiger partial charge in [-0.15, -0.1) is 0 Å². The Hall–Kier alpha value is -1.17. The Morgan fingerprint density at radius 1 is 1.48 bits per heavy atom. The number of aromatic nitrogens is 2. The summed E-state index contributed by atoms with van der Waals surface area (Å²) < 4.78 is 34.0. The number of alkyl halides is 2. The van der Waals surface area contributed by atoms with E-state index in [1.54, 1.807) is 18.0 Å². The first-order chi connectivity index (χ1) is 9.98. The minimum Gasteiger partial charge on any atom is -0.493 e. The van der Waals surface area contributed by atoms with Crippen molar-refractivity contribution in [1.29, 1.82) is 0 Å². The standard InChI is InChI=1S/C15H25F2N3O/c1-4-9-18-13(11-5-7-15(16,17)8-6-11)14-12(21-3)10-19-20(14)2/h10-11,13,18H,4-9H2,1-3H3. The van der Waals surface area contributed by atoms with E-state index in [2.05, 4.69) is 17.3 Å². The minimum absolute atomic E-state index is 0.0171. The van der Waals surface area contributed by atoms with E-state index in [0.29, 0.717) is 12.8 Å². The highest BCUT2D eigenvalue weighted by atomic mass is 19.3. The molecule has 1 aliphatic rings. The number of ether oxygens (including phenoxy) is 1. The molecule has 0 saturated heterocycles. The van der Waals surface area contributed by atoms with E-state index in [1.165, 1.54) is 0 Å². The molecule has 1 aromatic rings. The minimum atomic E-state index is -2.50. The van der Waals surface area contributed by atoms with Gasteiger partial charge in [0.25, 0.3) is 0 Å². The van der Waals surface area contributed by atoms with Gasteiger partial charge in [0, 0.05) is 19.9 Å². The number of nitrogens with zero attached hydrogens (tertiary/aromatic N) is 2. The lowest BCUT2D eigenvalue weighted by Crippen LogP contribution is -2.35. The monoisotopic (exact) mass is 301 g/mol. The van der Waals surface area contributed by atoms with Gasteiger partial charge in [-0.25, -0.2) is 8.78 Å². The zero-order valence-electron chi connectivity index (χ0n) is 13.0. The zero-order valence-corrected chi connectivity index (χ0v) is 13.0. The molecule has 0 bridgehead atoms. The van der Waals surface area contributed by atoms with Crippen molar-refractivity contribution in [2.45, 2.75) is 51.0 Å².